The van der Waals surface area contributed by atoms with Gasteiger partial charge in [-0.1, -0.05) is 19.1 Å². The number of methoxy groups -OCH3 is 1. The van der Waals surface area contributed by atoms with Gasteiger partial charge in [0.15, 0.2) is 12.1 Å². The predicted octanol–water partition coefficient (Wildman–Crippen LogP) is 3.27. The van der Waals surface area contributed by atoms with Crippen molar-refractivity contribution in [3.05, 3.63) is 47.7 Å². The van der Waals surface area contributed by atoms with E-state index in [9.17, 15) is 4.79 Å². The summed E-state index contributed by atoms with van der Waals surface area (Å²) in [6, 6.07) is 8.05. The van der Waals surface area contributed by atoms with Crippen LogP contribution in [0.25, 0.3) is 0 Å². The third kappa shape index (κ3) is 5.13. The van der Waals surface area contributed by atoms with E-state index in [-0.39, 0.29) is 5.91 Å². The Hall–Kier alpha value is -2.34. The largest absolute Gasteiger partial charge is 0.497 e. The highest BCUT2D eigenvalue weighted by Gasteiger charge is 2.26. The van der Waals surface area contributed by atoms with Crippen molar-refractivity contribution in [2.45, 2.75) is 32.6 Å². The molecule has 0 spiro atoms. The highest BCUT2D eigenvalue weighted by atomic mass is 16.5. The zero-order valence-corrected chi connectivity index (χ0v) is 17.2. The molecule has 1 aliphatic rings. The molecule has 1 saturated heterocycles. The molecule has 0 radical (unpaired) electrons. The van der Waals surface area contributed by atoms with E-state index in [1.165, 1.54) is 12.0 Å². The minimum Gasteiger partial charge on any atom is -0.497 e. The number of piperidine rings is 1. The molecule has 0 N–H and O–H groups in total. The standard InChI is InChI=1S/C22H31N3O3/c1-4-20-21(23-16-28-20)22(26)25(15-18-9-12-24(2)13-10-18)14-11-17-5-7-19(27-3)8-6-17/h5-8,16,18H,4,9-15H2,1-3H3. The number of carbonyl (C=O) groups is 1. The van der Waals surface area contributed by atoms with E-state index in [0.29, 0.717) is 30.3 Å². The summed E-state index contributed by atoms with van der Waals surface area (Å²) in [6.07, 6.45) is 5.11. The molecule has 1 aromatic heterocycles. The molecule has 0 saturated carbocycles. The number of amides is 1. The number of oxazole rings is 1. The van der Waals surface area contributed by atoms with E-state index in [1.54, 1.807) is 7.11 Å². The lowest BCUT2D eigenvalue weighted by atomic mass is 9.96. The number of ether oxygens (including phenoxy) is 1. The Morgan fingerprint density at radius 2 is 2.00 bits per heavy atom. The van der Waals surface area contributed by atoms with Crippen molar-refractivity contribution in [2.24, 2.45) is 5.92 Å². The predicted molar refractivity (Wildman–Crippen MR) is 109 cm³/mol. The van der Waals surface area contributed by atoms with Crippen LogP contribution in [0.5, 0.6) is 5.75 Å². The molecule has 2 aromatic rings. The molecule has 1 amide bonds. The SMILES string of the molecule is CCc1ocnc1C(=O)N(CCc1ccc(OC)cc1)CC1CCN(C)CC1. The molecule has 3 rings (SSSR count). The van der Waals surface area contributed by atoms with Gasteiger partial charge >= 0.3 is 0 Å². The van der Waals surface area contributed by atoms with Gasteiger partial charge in [0.2, 0.25) is 0 Å². The molecule has 1 aromatic carbocycles. The summed E-state index contributed by atoms with van der Waals surface area (Å²) >= 11 is 0. The molecule has 0 bridgehead atoms. The molecule has 0 atom stereocenters. The molecule has 6 heteroatoms. The summed E-state index contributed by atoms with van der Waals surface area (Å²) in [5, 5.41) is 0. The van der Waals surface area contributed by atoms with Gasteiger partial charge in [0.25, 0.3) is 5.91 Å². The zero-order chi connectivity index (χ0) is 19.9. The number of aromatic nitrogens is 1. The fourth-order valence-electron chi connectivity index (χ4n) is 3.73. The maximum Gasteiger partial charge on any atom is 0.276 e. The highest BCUT2D eigenvalue weighted by Crippen LogP contribution is 2.20. The quantitative estimate of drug-likeness (QED) is 0.698. The second kappa shape index (κ2) is 9.73. The second-order valence-corrected chi connectivity index (χ2v) is 7.57. The summed E-state index contributed by atoms with van der Waals surface area (Å²) in [6.45, 7) is 5.62. The summed E-state index contributed by atoms with van der Waals surface area (Å²) in [5.41, 5.74) is 1.66. The van der Waals surface area contributed by atoms with Crippen molar-refractivity contribution in [3.63, 3.8) is 0 Å². The van der Waals surface area contributed by atoms with Crippen LogP contribution in [0, 0.1) is 5.92 Å². The van der Waals surface area contributed by atoms with Gasteiger partial charge < -0.3 is 19.0 Å². The minimum absolute atomic E-state index is 0.0157. The van der Waals surface area contributed by atoms with Crippen molar-refractivity contribution >= 4 is 5.91 Å². The average Bonchev–Trinajstić information content (AvgIpc) is 3.21. The van der Waals surface area contributed by atoms with Crippen molar-refractivity contribution in [1.29, 1.82) is 0 Å². The van der Waals surface area contributed by atoms with Crippen LogP contribution in [-0.4, -0.2) is 61.0 Å². The van der Waals surface area contributed by atoms with Crippen LogP contribution in [0.4, 0.5) is 0 Å². The van der Waals surface area contributed by atoms with Crippen LogP contribution in [0.3, 0.4) is 0 Å². The van der Waals surface area contributed by atoms with E-state index in [0.717, 1.165) is 44.6 Å². The topological polar surface area (TPSA) is 58.8 Å². The van der Waals surface area contributed by atoms with Gasteiger partial charge in [-0.05, 0) is 63.0 Å². The summed E-state index contributed by atoms with van der Waals surface area (Å²) in [4.78, 5) is 21.7. The number of likely N-dealkylation sites (tertiary alicyclic amines) is 1. The molecule has 1 aliphatic heterocycles. The van der Waals surface area contributed by atoms with Crippen molar-refractivity contribution in [2.75, 3.05) is 40.3 Å². The van der Waals surface area contributed by atoms with Crippen LogP contribution >= 0.6 is 0 Å². The Morgan fingerprint density at radius 1 is 1.29 bits per heavy atom. The van der Waals surface area contributed by atoms with E-state index in [1.807, 2.05) is 24.0 Å². The Balaban J connectivity index is 1.70. The first-order valence-corrected chi connectivity index (χ1v) is 10.1. The molecule has 0 aliphatic carbocycles. The van der Waals surface area contributed by atoms with Gasteiger partial charge in [0.05, 0.1) is 7.11 Å². The number of hydrogen-bond acceptors (Lipinski definition) is 5. The zero-order valence-electron chi connectivity index (χ0n) is 17.2. The monoisotopic (exact) mass is 385 g/mol. The van der Waals surface area contributed by atoms with Crippen molar-refractivity contribution in [1.82, 2.24) is 14.8 Å². The maximum absolute atomic E-state index is 13.2. The number of hydrogen-bond donors (Lipinski definition) is 0. The molecule has 0 unspecified atom stereocenters. The third-order valence-corrected chi connectivity index (χ3v) is 5.60. The fraction of sp³-hybridized carbons (Fsp3) is 0.545. The number of rotatable bonds is 8. The van der Waals surface area contributed by atoms with E-state index < -0.39 is 0 Å². The van der Waals surface area contributed by atoms with Crippen LogP contribution in [0.1, 0.15) is 41.6 Å². The van der Waals surface area contributed by atoms with E-state index >= 15 is 0 Å². The van der Waals surface area contributed by atoms with Gasteiger partial charge in [-0.3, -0.25) is 4.79 Å². The number of benzene rings is 1. The van der Waals surface area contributed by atoms with Crippen LogP contribution < -0.4 is 4.74 Å². The van der Waals surface area contributed by atoms with Crippen molar-refractivity contribution < 1.29 is 13.9 Å². The maximum atomic E-state index is 13.2. The van der Waals surface area contributed by atoms with Crippen LogP contribution in [0.2, 0.25) is 0 Å². The van der Waals surface area contributed by atoms with Gasteiger partial charge in [0.1, 0.15) is 11.5 Å². The first kappa shape index (κ1) is 20.4. The molecular formula is C22H31N3O3. The molecule has 28 heavy (non-hydrogen) atoms. The third-order valence-electron chi connectivity index (χ3n) is 5.60. The number of aryl methyl sites for hydroxylation is 1. The average molecular weight is 386 g/mol. The lowest BCUT2D eigenvalue weighted by molar-refractivity contribution is 0.0693. The van der Waals surface area contributed by atoms with Crippen LogP contribution in [-0.2, 0) is 12.8 Å². The summed E-state index contributed by atoms with van der Waals surface area (Å²) in [5.74, 6) is 2.03. The molecule has 2 heterocycles. The Bertz CT molecular complexity index is 749. The highest BCUT2D eigenvalue weighted by molar-refractivity contribution is 5.93. The second-order valence-electron chi connectivity index (χ2n) is 7.57. The molecule has 6 nitrogen and oxygen atoms in total. The normalized spacial score (nSPS) is 15.5. The Labute approximate surface area is 167 Å². The smallest absolute Gasteiger partial charge is 0.276 e. The van der Waals surface area contributed by atoms with Gasteiger partial charge in [0, 0.05) is 19.5 Å². The van der Waals surface area contributed by atoms with Gasteiger partial charge in [-0.25, -0.2) is 4.98 Å². The number of nitrogens with zero attached hydrogens (tertiary/aromatic N) is 3. The molecular weight excluding hydrogens is 354 g/mol. The number of carbonyl (C=O) groups excluding carboxylic acids is 1. The van der Waals surface area contributed by atoms with Gasteiger partial charge in [-0.2, -0.15) is 0 Å². The lowest BCUT2D eigenvalue weighted by Gasteiger charge is -2.33. The van der Waals surface area contributed by atoms with Gasteiger partial charge in [-0.15, -0.1) is 0 Å². The molecule has 1 fully saturated rings. The van der Waals surface area contributed by atoms with E-state index in [2.05, 4.69) is 29.1 Å². The minimum atomic E-state index is -0.0157. The Kier molecular flexibility index (Phi) is 7.09. The first-order valence-electron chi connectivity index (χ1n) is 10.1. The van der Waals surface area contributed by atoms with Crippen molar-refractivity contribution in [3.8, 4) is 5.75 Å². The Morgan fingerprint density at radius 3 is 2.64 bits per heavy atom. The first-order chi connectivity index (χ1) is 13.6. The lowest BCUT2D eigenvalue weighted by Crippen LogP contribution is -2.41. The fourth-order valence-corrected chi connectivity index (χ4v) is 3.73. The summed E-state index contributed by atoms with van der Waals surface area (Å²) < 4.78 is 10.6. The van der Waals surface area contributed by atoms with Crippen LogP contribution in [0.15, 0.2) is 35.1 Å². The molecule has 152 valence electrons. The van der Waals surface area contributed by atoms with E-state index in [4.69, 9.17) is 9.15 Å². The summed E-state index contributed by atoms with van der Waals surface area (Å²) in [7, 11) is 3.83.